The van der Waals surface area contributed by atoms with Gasteiger partial charge in [0.25, 0.3) is 0 Å². The van der Waals surface area contributed by atoms with Crippen LogP contribution in [0.3, 0.4) is 0 Å². The third kappa shape index (κ3) is 7.38. The van der Waals surface area contributed by atoms with Crippen LogP contribution in [0.1, 0.15) is 44.0 Å². The number of fused-ring (bicyclic) bond motifs is 1. The molecule has 37 heavy (non-hydrogen) atoms. The molecule has 1 unspecified atom stereocenters. The maximum Gasteiger partial charge on any atom is 0.163 e. The molecule has 0 amide bonds. The van der Waals surface area contributed by atoms with Crippen LogP contribution in [-0.2, 0) is 0 Å². The molecule has 0 saturated heterocycles. The molecule has 1 aromatic carbocycles. The highest BCUT2D eigenvalue weighted by Gasteiger charge is 2.18. The molecule has 3 heterocycles. The lowest BCUT2D eigenvalue weighted by Gasteiger charge is -2.15. The van der Waals surface area contributed by atoms with Crippen molar-refractivity contribution in [2.75, 3.05) is 20.3 Å². The third-order valence-electron chi connectivity index (χ3n) is 5.08. The minimum absolute atomic E-state index is 0.0698. The van der Waals surface area contributed by atoms with Gasteiger partial charge in [-0.1, -0.05) is 27.7 Å². The van der Waals surface area contributed by atoms with E-state index in [0.717, 1.165) is 26.7 Å². The predicted molar refractivity (Wildman–Crippen MR) is 149 cm³/mol. The highest BCUT2D eigenvalue weighted by molar-refractivity contribution is 7.15. The van der Waals surface area contributed by atoms with Crippen molar-refractivity contribution in [1.82, 2.24) is 15.0 Å². The van der Waals surface area contributed by atoms with Crippen molar-refractivity contribution < 1.29 is 24.4 Å². The Labute approximate surface area is 222 Å². The van der Waals surface area contributed by atoms with Gasteiger partial charge >= 0.3 is 0 Å². The second kappa shape index (κ2) is 14.5. The van der Waals surface area contributed by atoms with Gasteiger partial charge in [-0.2, -0.15) is 0 Å². The van der Waals surface area contributed by atoms with Crippen LogP contribution in [0.5, 0.6) is 23.0 Å². The number of methoxy groups -OCH3 is 1. The summed E-state index contributed by atoms with van der Waals surface area (Å²) in [5.74, 6) is 2.04. The lowest BCUT2D eigenvalue weighted by Crippen LogP contribution is -2.21. The number of aliphatic hydroxyl groups is 2. The molecule has 200 valence electrons. The summed E-state index contributed by atoms with van der Waals surface area (Å²) in [5, 5.41) is 20.2. The van der Waals surface area contributed by atoms with Crippen molar-refractivity contribution in [2.45, 2.75) is 54.6 Å². The Bertz CT molecular complexity index is 1270. The molecule has 4 aromatic rings. The summed E-state index contributed by atoms with van der Waals surface area (Å²) in [6.45, 7) is 13.5. The zero-order chi connectivity index (χ0) is 27.5. The number of hydrogen-bond acceptors (Lipinski definition) is 9. The van der Waals surface area contributed by atoms with E-state index in [1.807, 2.05) is 60.6 Å². The fourth-order valence-electron chi connectivity index (χ4n) is 3.20. The Kier molecular flexibility index (Phi) is 11.7. The van der Waals surface area contributed by atoms with Gasteiger partial charge in [-0.25, -0.2) is 9.97 Å². The molecular weight excluding hydrogens is 490 g/mol. The average molecular weight is 528 g/mol. The minimum atomic E-state index is -0.987. The van der Waals surface area contributed by atoms with Crippen LogP contribution in [0, 0.1) is 20.8 Å². The van der Waals surface area contributed by atoms with Crippen molar-refractivity contribution in [2.24, 2.45) is 0 Å². The van der Waals surface area contributed by atoms with Crippen LogP contribution in [0.25, 0.3) is 21.6 Å². The molecule has 2 N–H and O–H groups in total. The smallest absolute Gasteiger partial charge is 0.163 e. The number of aliphatic hydroxyl groups excluding tert-OH is 2. The number of ether oxygens (including phenoxy) is 3. The Balaban J connectivity index is 0.00000115. The van der Waals surface area contributed by atoms with Crippen LogP contribution in [0.4, 0.5) is 0 Å². The van der Waals surface area contributed by atoms with E-state index in [9.17, 15) is 5.11 Å². The first kappa shape index (κ1) is 30.0. The number of pyridine rings is 2. The van der Waals surface area contributed by atoms with Crippen LogP contribution < -0.4 is 14.2 Å². The fraction of sp³-hybridized carbons (Fsp3) is 0.393. The van der Waals surface area contributed by atoms with E-state index in [2.05, 4.69) is 15.0 Å². The molecular formula is C28H37N3O5S. The van der Waals surface area contributed by atoms with Crippen LogP contribution in [0.2, 0.25) is 0 Å². The van der Waals surface area contributed by atoms with Crippen LogP contribution in [-0.4, -0.2) is 51.6 Å². The molecule has 1 atom stereocenters. The van der Waals surface area contributed by atoms with E-state index in [0.29, 0.717) is 34.2 Å². The Morgan fingerprint density at radius 3 is 2.27 bits per heavy atom. The third-order valence-corrected chi connectivity index (χ3v) is 6.16. The molecule has 0 bridgehead atoms. The van der Waals surface area contributed by atoms with Crippen molar-refractivity contribution in [1.29, 1.82) is 0 Å². The van der Waals surface area contributed by atoms with Gasteiger partial charge in [-0.15, -0.1) is 11.3 Å². The average Bonchev–Trinajstić information content (AvgIpc) is 3.27. The molecule has 0 aliphatic heterocycles. The zero-order valence-electron chi connectivity index (χ0n) is 22.8. The van der Waals surface area contributed by atoms with Crippen LogP contribution >= 0.6 is 11.3 Å². The minimum Gasteiger partial charge on any atom is -0.493 e. The van der Waals surface area contributed by atoms with Gasteiger partial charge in [0.05, 0.1) is 24.9 Å². The maximum absolute atomic E-state index is 9.60. The zero-order valence-corrected chi connectivity index (χ0v) is 23.6. The number of rotatable bonds is 8. The molecule has 8 nitrogen and oxygen atoms in total. The Hall–Kier alpha value is -3.27. The number of aromatic nitrogens is 3. The molecule has 0 aliphatic carbocycles. The maximum atomic E-state index is 9.60. The first-order chi connectivity index (χ1) is 17.9. The Morgan fingerprint density at radius 2 is 1.65 bits per heavy atom. The standard InChI is InChI=1S/C24H25N3O5S.2C2H6/c1-13-5-6-20(23(26-13)24-27-14(2)15(3)33-24)32-19-7-8-25-18-10-22(31-12-16(29)11-28)21(30-4)9-17(18)19;2*1-2/h5-10,16,28-29H,11-12H2,1-4H3;2*1-2H3. The quantitative estimate of drug-likeness (QED) is 0.276. The first-order valence-corrected chi connectivity index (χ1v) is 13.2. The molecule has 0 radical (unpaired) electrons. The van der Waals surface area contributed by atoms with Crippen molar-refractivity contribution in [3.05, 3.63) is 52.8 Å². The van der Waals surface area contributed by atoms with Gasteiger partial charge in [-0.3, -0.25) is 4.98 Å². The van der Waals surface area contributed by atoms with Gasteiger partial charge in [0.2, 0.25) is 0 Å². The number of aryl methyl sites for hydroxylation is 3. The summed E-state index contributed by atoms with van der Waals surface area (Å²) < 4.78 is 17.4. The summed E-state index contributed by atoms with van der Waals surface area (Å²) in [4.78, 5) is 14.9. The van der Waals surface area contributed by atoms with Crippen molar-refractivity contribution in [3.8, 4) is 33.7 Å². The van der Waals surface area contributed by atoms with E-state index in [4.69, 9.17) is 19.3 Å². The molecule has 0 aliphatic rings. The van der Waals surface area contributed by atoms with Gasteiger partial charge in [0, 0.05) is 28.2 Å². The lowest BCUT2D eigenvalue weighted by molar-refractivity contribution is 0.0528. The number of benzene rings is 1. The second-order valence-corrected chi connectivity index (χ2v) is 8.74. The fourth-order valence-corrected chi connectivity index (χ4v) is 4.11. The molecule has 0 saturated carbocycles. The van der Waals surface area contributed by atoms with E-state index in [1.54, 1.807) is 35.7 Å². The molecule has 9 heteroatoms. The SMILES string of the molecule is CC.CC.COc1cc2c(Oc3ccc(C)nc3-c3nc(C)c(C)s3)ccnc2cc1OCC(O)CO. The number of hydrogen-bond donors (Lipinski definition) is 2. The molecule has 4 rings (SSSR count). The summed E-state index contributed by atoms with van der Waals surface area (Å²) in [7, 11) is 1.53. The largest absolute Gasteiger partial charge is 0.493 e. The van der Waals surface area contributed by atoms with E-state index < -0.39 is 12.7 Å². The van der Waals surface area contributed by atoms with Gasteiger partial charge in [0.15, 0.2) is 17.2 Å². The normalized spacial score (nSPS) is 11.1. The number of thiazole rings is 1. The van der Waals surface area contributed by atoms with Gasteiger partial charge in [0.1, 0.15) is 29.2 Å². The summed E-state index contributed by atoms with van der Waals surface area (Å²) in [6.07, 6.45) is 0.661. The van der Waals surface area contributed by atoms with Crippen molar-refractivity contribution >= 4 is 22.2 Å². The lowest BCUT2D eigenvalue weighted by atomic mass is 10.1. The molecule has 0 fully saturated rings. The van der Waals surface area contributed by atoms with Crippen molar-refractivity contribution in [3.63, 3.8) is 0 Å². The molecule has 0 spiro atoms. The highest BCUT2D eigenvalue weighted by Crippen LogP contribution is 2.40. The number of nitrogens with zero attached hydrogens (tertiary/aromatic N) is 3. The van der Waals surface area contributed by atoms with E-state index in [1.165, 1.54) is 7.11 Å². The van der Waals surface area contributed by atoms with E-state index >= 15 is 0 Å². The summed E-state index contributed by atoms with van der Waals surface area (Å²) in [5.41, 5.74) is 3.16. The summed E-state index contributed by atoms with van der Waals surface area (Å²) >= 11 is 1.58. The topological polar surface area (TPSA) is 107 Å². The highest BCUT2D eigenvalue weighted by atomic mass is 32.1. The van der Waals surface area contributed by atoms with Gasteiger partial charge in [-0.05, 0) is 45.0 Å². The van der Waals surface area contributed by atoms with Crippen LogP contribution in [0.15, 0.2) is 36.5 Å². The monoisotopic (exact) mass is 527 g/mol. The summed E-state index contributed by atoms with van der Waals surface area (Å²) in [6, 6.07) is 9.06. The first-order valence-electron chi connectivity index (χ1n) is 12.4. The van der Waals surface area contributed by atoms with E-state index in [-0.39, 0.29) is 6.61 Å². The Morgan fingerprint density at radius 1 is 0.919 bits per heavy atom. The second-order valence-electron chi connectivity index (χ2n) is 7.54. The molecule has 3 aromatic heterocycles. The van der Waals surface area contributed by atoms with Gasteiger partial charge < -0.3 is 24.4 Å². The predicted octanol–water partition coefficient (Wildman–Crippen LogP) is 6.26.